The van der Waals surface area contributed by atoms with Crippen molar-refractivity contribution in [3.8, 4) is 22.3 Å². The second kappa shape index (κ2) is 11.0. The van der Waals surface area contributed by atoms with E-state index in [1.165, 1.54) is 16.3 Å². The van der Waals surface area contributed by atoms with Crippen LogP contribution in [-0.4, -0.2) is 0 Å². The topological polar surface area (TPSA) is 29.5 Å². The molecule has 0 saturated carbocycles. The third-order valence-corrected chi connectivity index (χ3v) is 9.68. The highest BCUT2D eigenvalue weighted by Gasteiger charge is 2.25. The minimum Gasteiger partial charge on any atom is -0.456 e. The van der Waals surface area contributed by atoms with Crippen molar-refractivity contribution < 1.29 is 8.83 Å². The standard InChI is InChI=1S/C46H29NO2/c1-2-16-31-30(14-1)15-11-21-32(31)33-17-3-7-23-38(33)47(40-25-13-29-44-46(40)37-20-6-10-27-42(37)49-44)39-24-8-4-18-34(39)35-22-12-28-43-45(35)36-19-5-9-26-41(36)48-43/h1-29H. The van der Waals surface area contributed by atoms with E-state index < -0.39 is 0 Å². The van der Waals surface area contributed by atoms with Crippen LogP contribution in [0.2, 0.25) is 0 Å². The molecule has 0 spiro atoms. The highest BCUT2D eigenvalue weighted by atomic mass is 16.3. The van der Waals surface area contributed by atoms with Crippen LogP contribution >= 0.6 is 0 Å². The minimum atomic E-state index is 0.853. The average molecular weight is 628 g/mol. The molecule has 8 aromatic carbocycles. The molecule has 0 amide bonds. The molecule has 10 aromatic rings. The van der Waals surface area contributed by atoms with Gasteiger partial charge < -0.3 is 13.7 Å². The summed E-state index contributed by atoms with van der Waals surface area (Å²) in [6, 6.07) is 62.0. The number of rotatable bonds is 5. The van der Waals surface area contributed by atoms with Gasteiger partial charge in [0.2, 0.25) is 0 Å². The molecule has 0 bridgehead atoms. The Kier molecular flexibility index (Phi) is 6.18. The average Bonchev–Trinajstić information content (AvgIpc) is 3.74. The fraction of sp³-hybridized carbons (Fsp3) is 0. The Morgan fingerprint density at radius 3 is 1.45 bits per heavy atom. The summed E-state index contributed by atoms with van der Waals surface area (Å²) in [5.41, 5.74) is 11.2. The van der Waals surface area contributed by atoms with Gasteiger partial charge in [-0.1, -0.05) is 133 Å². The van der Waals surface area contributed by atoms with Gasteiger partial charge in [0.05, 0.1) is 22.4 Å². The molecule has 49 heavy (non-hydrogen) atoms. The summed E-state index contributed by atoms with van der Waals surface area (Å²) >= 11 is 0. The molecule has 0 radical (unpaired) electrons. The molecule has 3 heteroatoms. The fourth-order valence-corrected chi connectivity index (χ4v) is 7.58. The smallest absolute Gasteiger partial charge is 0.137 e. The first-order chi connectivity index (χ1) is 24.3. The minimum absolute atomic E-state index is 0.853. The van der Waals surface area contributed by atoms with Gasteiger partial charge in [-0.05, 0) is 64.4 Å². The summed E-state index contributed by atoms with van der Waals surface area (Å²) in [5.74, 6) is 0. The van der Waals surface area contributed by atoms with Crippen LogP contribution in [-0.2, 0) is 0 Å². The molecule has 10 rings (SSSR count). The molecule has 0 aliphatic rings. The van der Waals surface area contributed by atoms with Crippen molar-refractivity contribution in [2.24, 2.45) is 0 Å². The highest BCUT2D eigenvalue weighted by molar-refractivity contribution is 6.17. The highest BCUT2D eigenvalue weighted by Crippen LogP contribution is 2.50. The van der Waals surface area contributed by atoms with Gasteiger partial charge in [0.25, 0.3) is 0 Å². The van der Waals surface area contributed by atoms with Crippen molar-refractivity contribution in [1.29, 1.82) is 0 Å². The quantitative estimate of drug-likeness (QED) is 0.190. The van der Waals surface area contributed by atoms with Gasteiger partial charge in [-0.25, -0.2) is 0 Å². The number of furan rings is 2. The van der Waals surface area contributed by atoms with Gasteiger partial charge >= 0.3 is 0 Å². The molecule has 0 N–H and O–H groups in total. The third-order valence-electron chi connectivity index (χ3n) is 9.68. The van der Waals surface area contributed by atoms with Crippen LogP contribution in [0.3, 0.4) is 0 Å². The number of nitrogens with zero attached hydrogens (tertiary/aromatic N) is 1. The largest absolute Gasteiger partial charge is 0.456 e. The van der Waals surface area contributed by atoms with Gasteiger partial charge in [0, 0.05) is 27.3 Å². The lowest BCUT2D eigenvalue weighted by Crippen LogP contribution is -2.13. The van der Waals surface area contributed by atoms with E-state index in [1.807, 2.05) is 24.3 Å². The molecule has 0 unspecified atom stereocenters. The Labute approximate surface area is 282 Å². The molecule has 0 aliphatic carbocycles. The summed E-state index contributed by atoms with van der Waals surface area (Å²) in [4.78, 5) is 2.43. The predicted molar refractivity (Wildman–Crippen MR) is 204 cm³/mol. The van der Waals surface area contributed by atoms with Gasteiger partial charge in [-0.15, -0.1) is 0 Å². The van der Waals surface area contributed by atoms with Gasteiger partial charge in [0.15, 0.2) is 0 Å². The molecule has 0 atom stereocenters. The summed E-state index contributed by atoms with van der Waals surface area (Å²) < 4.78 is 12.8. The maximum absolute atomic E-state index is 6.46. The van der Waals surface area contributed by atoms with E-state index in [4.69, 9.17) is 8.83 Å². The van der Waals surface area contributed by atoms with Crippen molar-refractivity contribution in [2.75, 3.05) is 4.90 Å². The van der Waals surface area contributed by atoms with Crippen molar-refractivity contribution >= 4 is 71.7 Å². The van der Waals surface area contributed by atoms with E-state index in [-0.39, 0.29) is 0 Å². The summed E-state index contributed by atoms with van der Waals surface area (Å²) in [5, 5.41) is 6.80. The second-order valence-electron chi connectivity index (χ2n) is 12.4. The zero-order chi connectivity index (χ0) is 32.3. The van der Waals surface area contributed by atoms with E-state index >= 15 is 0 Å². The Hall–Kier alpha value is -6.58. The summed E-state index contributed by atoms with van der Waals surface area (Å²) in [7, 11) is 0. The first-order valence-electron chi connectivity index (χ1n) is 16.6. The fourth-order valence-electron chi connectivity index (χ4n) is 7.58. The van der Waals surface area contributed by atoms with Crippen LogP contribution < -0.4 is 4.90 Å². The molecule has 3 nitrogen and oxygen atoms in total. The molecule has 230 valence electrons. The lowest BCUT2D eigenvalue weighted by Gasteiger charge is -2.30. The molecular weight excluding hydrogens is 599 g/mol. The molecular formula is C46H29NO2. The number of hydrogen-bond acceptors (Lipinski definition) is 3. The van der Waals surface area contributed by atoms with Gasteiger partial charge in [-0.2, -0.15) is 0 Å². The van der Waals surface area contributed by atoms with Crippen molar-refractivity contribution in [3.63, 3.8) is 0 Å². The first kappa shape index (κ1) is 27.5. The molecule has 0 saturated heterocycles. The monoisotopic (exact) mass is 627 g/mol. The van der Waals surface area contributed by atoms with Crippen LogP contribution in [0.5, 0.6) is 0 Å². The SMILES string of the molecule is c1ccc(N(c2ccccc2-c2cccc3oc4ccccc4c23)c2cccc3oc4ccccc4c23)c(-c2cccc3ccccc23)c1. The normalized spacial score (nSPS) is 11.7. The van der Waals surface area contributed by atoms with Crippen molar-refractivity contribution in [1.82, 2.24) is 0 Å². The first-order valence-corrected chi connectivity index (χ1v) is 16.6. The molecule has 0 fully saturated rings. The van der Waals surface area contributed by atoms with E-state index in [0.717, 1.165) is 77.6 Å². The van der Waals surface area contributed by atoms with E-state index in [1.54, 1.807) is 0 Å². The predicted octanol–water partition coefficient (Wildman–Crippen LogP) is 13.4. The molecule has 2 aromatic heterocycles. The van der Waals surface area contributed by atoms with Crippen LogP contribution in [0.4, 0.5) is 17.1 Å². The van der Waals surface area contributed by atoms with Crippen molar-refractivity contribution in [3.05, 3.63) is 176 Å². The second-order valence-corrected chi connectivity index (χ2v) is 12.4. The van der Waals surface area contributed by atoms with E-state index in [2.05, 4.69) is 157 Å². The zero-order valence-electron chi connectivity index (χ0n) is 26.5. The Morgan fingerprint density at radius 2 is 0.714 bits per heavy atom. The number of hydrogen-bond donors (Lipinski definition) is 0. The number of benzene rings is 8. The Morgan fingerprint density at radius 1 is 0.286 bits per heavy atom. The summed E-state index contributed by atoms with van der Waals surface area (Å²) in [6.07, 6.45) is 0. The third kappa shape index (κ3) is 4.29. The lowest BCUT2D eigenvalue weighted by atomic mass is 9.94. The molecule has 2 heterocycles. The van der Waals surface area contributed by atoms with Crippen LogP contribution in [0, 0.1) is 0 Å². The Bertz CT molecular complexity index is 2850. The van der Waals surface area contributed by atoms with Gasteiger partial charge in [-0.3, -0.25) is 0 Å². The van der Waals surface area contributed by atoms with Crippen LogP contribution in [0.15, 0.2) is 185 Å². The summed E-state index contributed by atoms with van der Waals surface area (Å²) in [6.45, 7) is 0. The van der Waals surface area contributed by atoms with Crippen molar-refractivity contribution in [2.45, 2.75) is 0 Å². The van der Waals surface area contributed by atoms with E-state index in [0.29, 0.717) is 0 Å². The van der Waals surface area contributed by atoms with E-state index in [9.17, 15) is 0 Å². The van der Waals surface area contributed by atoms with Crippen LogP contribution in [0.25, 0.3) is 76.9 Å². The maximum atomic E-state index is 6.46. The van der Waals surface area contributed by atoms with Gasteiger partial charge in [0.1, 0.15) is 22.3 Å². The molecule has 0 aliphatic heterocycles. The number of para-hydroxylation sites is 4. The number of anilines is 3. The number of fused-ring (bicyclic) bond motifs is 7. The lowest BCUT2D eigenvalue weighted by molar-refractivity contribution is 0.668. The van der Waals surface area contributed by atoms with Crippen LogP contribution in [0.1, 0.15) is 0 Å². The maximum Gasteiger partial charge on any atom is 0.137 e. The Balaban J connectivity index is 1.32. The zero-order valence-corrected chi connectivity index (χ0v) is 26.5.